The number of aliphatic imine (C=N–C) groups is 1. The topological polar surface area (TPSA) is 91.0 Å². The Labute approximate surface area is 198 Å². The number of halogens is 4. The van der Waals surface area contributed by atoms with Gasteiger partial charge in [0.15, 0.2) is 5.70 Å². The van der Waals surface area contributed by atoms with Crippen LogP contribution in [0.4, 0.5) is 18.9 Å². The third-order valence-electron chi connectivity index (χ3n) is 4.64. The summed E-state index contributed by atoms with van der Waals surface area (Å²) in [6, 6.07) is 15.2. The van der Waals surface area contributed by atoms with Crippen LogP contribution >= 0.6 is 15.9 Å². The predicted molar refractivity (Wildman–Crippen MR) is 119 cm³/mol. The van der Waals surface area contributed by atoms with Crippen molar-refractivity contribution in [2.24, 2.45) is 4.99 Å². The number of hydrogen-bond acceptors (Lipinski definition) is 6. The SMILES string of the molecule is O=C1OC(c2ccccc2Br)=N/C1=C\c1ccccc1Oc1ccc(C(F)(F)F)cc1[N+](=O)[O-]. The van der Waals surface area contributed by atoms with Gasteiger partial charge in [0.25, 0.3) is 0 Å². The smallest absolute Gasteiger partial charge is 0.416 e. The van der Waals surface area contributed by atoms with Crippen LogP contribution in [-0.4, -0.2) is 16.8 Å². The van der Waals surface area contributed by atoms with Crippen molar-refractivity contribution in [3.63, 3.8) is 0 Å². The Bertz CT molecular complexity index is 1370. The van der Waals surface area contributed by atoms with Crippen LogP contribution in [0, 0.1) is 10.1 Å². The summed E-state index contributed by atoms with van der Waals surface area (Å²) in [5.74, 6) is -0.966. The second-order valence-electron chi connectivity index (χ2n) is 6.89. The molecule has 0 fully saturated rings. The van der Waals surface area contributed by atoms with Crippen molar-refractivity contribution < 1.29 is 32.4 Å². The Morgan fingerprint density at radius 3 is 2.44 bits per heavy atom. The first-order valence-corrected chi connectivity index (χ1v) is 10.3. The van der Waals surface area contributed by atoms with Crippen molar-refractivity contribution in [2.45, 2.75) is 6.18 Å². The molecule has 0 unspecified atom stereocenters. The highest BCUT2D eigenvalue weighted by Gasteiger charge is 2.33. The molecule has 4 rings (SSSR count). The number of hydrogen-bond donors (Lipinski definition) is 0. The highest BCUT2D eigenvalue weighted by Crippen LogP contribution is 2.39. The molecule has 1 heterocycles. The molecule has 172 valence electrons. The molecule has 0 spiro atoms. The van der Waals surface area contributed by atoms with E-state index in [2.05, 4.69) is 20.9 Å². The average Bonchev–Trinajstić information content (AvgIpc) is 3.14. The first kappa shape index (κ1) is 23.2. The summed E-state index contributed by atoms with van der Waals surface area (Å²) in [4.78, 5) is 27.0. The van der Waals surface area contributed by atoms with Gasteiger partial charge in [0.2, 0.25) is 11.6 Å². The number of ether oxygens (including phenoxy) is 2. The molecule has 0 amide bonds. The Morgan fingerprint density at radius 2 is 1.74 bits per heavy atom. The fourth-order valence-electron chi connectivity index (χ4n) is 3.04. The van der Waals surface area contributed by atoms with E-state index in [1.165, 1.54) is 12.1 Å². The molecule has 3 aromatic rings. The van der Waals surface area contributed by atoms with E-state index < -0.39 is 34.1 Å². The van der Waals surface area contributed by atoms with Crippen LogP contribution in [0.15, 0.2) is 81.9 Å². The molecule has 0 radical (unpaired) electrons. The zero-order valence-electron chi connectivity index (χ0n) is 16.9. The van der Waals surface area contributed by atoms with Crippen LogP contribution in [0.1, 0.15) is 16.7 Å². The van der Waals surface area contributed by atoms with Crippen molar-refractivity contribution in [1.82, 2.24) is 0 Å². The molecule has 0 aromatic heterocycles. The number of esters is 1. The first-order valence-electron chi connectivity index (χ1n) is 9.53. The molecule has 0 atom stereocenters. The van der Waals surface area contributed by atoms with Gasteiger partial charge >= 0.3 is 17.8 Å². The van der Waals surface area contributed by atoms with E-state index in [-0.39, 0.29) is 17.3 Å². The summed E-state index contributed by atoms with van der Waals surface area (Å²) in [5.41, 5.74) is -1.22. The van der Waals surface area contributed by atoms with Gasteiger partial charge in [-0.05, 0) is 52.3 Å². The molecule has 1 aliphatic heterocycles. The zero-order chi connectivity index (χ0) is 24.5. The number of rotatable bonds is 5. The van der Waals surface area contributed by atoms with Gasteiger partial charge in [0, 0.05) is 16.1 Å². The van der Waals surface area contributed by atoms with E-state index >= 15 is 0 Å². The first-order chi connectivity index (χ1) is 16.1. The van der Waals surface area contributed by atoms with Crippen molar-refractivity contribution in [3.05, 3.63) is 104 Å². The highest BCUT2D eigenvalue weighted by molar-refractivity contribution is 9.10. The molecule has 1 aliphatic rings. The second kappa shape index (κ2) is 9.10. The molecule has 0 aliphatic carbocycles. The number of nitro groups is 1. The van der Waals surface area contributed by atoms with Gasteiger partial charge in [-0.25, -0.2) is 9.79 Å². The number of carbonyl (C=O) groups is 1. The number of nitro benzene ring substituents is 1. The number of alkyl halides is 3. The maximum Gasteiger partial charge on any atom is 0.416 e. The summed E-state index contributed by atoms with van der Waals surface area (Å²) in [6.45, 7) is 0. The minimum absolute atomic E-state index is 0.0521. The summed E-state index contributed by atoms with van der Waals surface area (Å²) in [6.07, 6.45) is -3.39. The Balaban J connectivity index is 1.70. The maximum atomic E-state index is 13.0. The molecule has 0 N–H and O–H groups in total. The number of cyclic esters (lactones) is 1. The second-order valence-corrected chi connectivity index (χ2v) is 7.75. The lowest BCUT2D eigenvalue weighted by Gasteiger charge is -2.11. The van der Waals surface area contributed by atoms with E-state index in [9.17, 15) is 28.1 Å². The third kappa shape index (κ3) is 4.84. The standard InChI is InChI=1S/C23H12BrF3N2O5/c24-16-7-3-2-6-15(16)21-28-17(22(30)34-21)11-13-5-1-4-8-19(13)33-20-10-9-14(23(25,26)27)12-18(20)29(31)32/h1-12H/b17-11-. The Kier molecular flexibility index (Phi) is 6.20. The molecule has 34 heavy (non-hydrogen) atoms. The lowest BCUT2D eigenvalue weighted by Crippen LogP contribution is -2.06. The number of para-hydroxylation sites is 1. The quantitative estimate of drug-likeness (QED) is 0.161. The number of benzene rings is 3. The van der Waals surface area contributed by atoms with Crippen LogP contribution in [0.3, 0.4) is 0 Å². The molecule has 3 aromatic carbocycles. The fourth-order valence-corrected chi connectivity index (χ4v) is 3.49. The highest BCUT2D eigenvalue weighted by atomic mass is 79.9. The molecular weight excluding hydrogens is 521 g/mol. The Morgan fingerprint density at radius 1 is 1.03 bits per heavy atom. The maximum absolute atomic E-state index is 13.0. The van der Waals surface area contributed by atoms with Gasteiger partial charge in [-0.1, -0.05) is 30.3 Å². The molecule has 7 nitrogen and oxygen atoms in total. The minimum Gasteiger partial charge on any atom is -0.449 e. The third-order valence-corrected chi connectivity index (χ3v) is 5.33. The van der Waals surface area contributed by atoms with Crippen LogP contribution < -0.4 is 4.74 Å². The molecule has 11 heteroatoms. The monoisotopic (exact) mass is 532 g/mol. The molecule has 0 bridgehead atoms. The van der Waals surface area contributed by atoms with Gasteiger partial charge < -0.3 is 9.47 Å². The van der Waals surface area contributed by atoms with E-state index in [1.54, 1.807) is 42.5 Å². The predicted octanol–water partition coefficient (Wildman–Crippen LogP) is 6.51. The average molecular weight is 533 g/mol. The van der Waals surface area contributed by atoms with E-state index in [0.29, 0.717) is 27.7 Å². The van der Waals surface area contributed by atoms with Crippen molar-refractivity contribution in [2.75, 3.05) is 0 Å². The van der Waals surface area contributed by atoms with Gasteiger partial charge in [-0.15, -0.1) is 0 Å². The normalized spacial score (nSPS) is 14.6. The lowest BCUT2D eigenvalue weighted by molar-refractivity contribution is -0.385. The van der Waals surface area contributed by atoms with Gasteiger partial charge in [0.05, 0.1) is 16.1 Å². The largest absolute Gasteiger partial charge is 0.449 e. The zero-order valence-corrected chi connectivity index (χ0v) is 18.5. The molecule has 0 saturated carbocycles. The molecular formula is C23H12BrF3N2O5. The minimum atomic E-state index is -4.75. The van der Waals surface area contributed by atoms with Gasteiger partial charge in [-0.3, -0.25) is 10.1 Å². The summed E-state index contributed by atoms with van der Waals surface area (Å²) >= 11 is 3.36. The lowest BCUT2D eigenvalue weighted by atomic mass is 10.1. The van der Waals surface area contributed by atoms with Crippen molar-refractivity contribution >= 4 is 39.6 Å². The van der Waals surface area contributed by atoms with Crippen LogP contribution in [0.25, 0.3) is 6.08 Å². The summed E-state index contributed by atoms with van der Waals surface area (Å²) in [5, 5.41) is 11.4. The van der Waals surface area contributed by atoms with Gasteiger partial charge in [0.1, 0.15) is 5.75 Å². The van der Waals surface area contributed by atoms with E-state index in [4.69, 9.17) is 9.47 Å². The number of carbonyl (C=O) groups excluding carboxylic acids is 1. The molecule has 0 saturated heterocycles. The fraction of sp³-hybridized carbons (Fsp3) is 0.0435. The Hall–Kier alpha value is -3.99. The van der Waals surface area contributed by atoms with E-state index in [1.807, 2.05) is 0 Å². The van der Waals surface area contributed by atoms with Crippen LogP contribution in [-0.2, 0) is 15.7 Å². The summed E-state index contributed by atoms with van der Waals surface area (Å²) < 4.78 is 50.4. The van der Waals surface area contributed by atoms with Crippen LogP contribution in [0.5, 0.6) is 11.5 Å². The van der Waals surface area contributed by atoms with Crippen molar-refractivity contribution in [1.29, 1.82) is 0 Å². The van der Waals surface area contributed by atoms with Gasteiger partial charge in [-0.2, -0.15) is 13.2 Å². The number of nitrogens with zero attached hydrogens (tertiary/aromatic N) is 2. The van der Waals surface area contributed by atoms with E-state index in [0.717, 1.165) is 6.07 Å². The van der Waals surface area contributed by atoms with Crippen molar-refractivity contribution in [3.8, 4) is 11.5 Å². The summed E-state index contributed by atoms with van der Waals surface area (Å²) in [7, 11) is 0. The van der Waals surface area contributed by atoms with Crippen LogP contribution in [0.2, 0.25) is 0 Å².